The van der Waals surface area contributed by atoms with Crippen LogP contribution in [0.4, 0.5) is 0 Å². The number of benzene rings is 1. The molecule has 2 rings (SSSR count). The maximum Gasteiger partial charge on any atom is 0.167 e. The highest BCUT2D eigenvalue weighted by Crippen LogP contribution is 2.22. The fourth-order valence-corrected chi connectivity index (χ4v) is 2.54. The standard InChI is InChI=1S/C17H23NO2/c1-3-12-20-17-7-6-14(2)13-15(17)16(19)8-11-18-9-4-5-10-18/h3,6-7,13H,1,4-5,8-12H2,2H3. The molecule has 1 fully saturated rings. The SMILES string of the molecule is C=CCOc1ccc(C)cc1C(=O)CCN1CCCC1. The molecule has 108 valence electrons. The highest BCUT2D eigenvalue weighted by Gasteiger charge is 2.16. The van der Waals surface area contributed by atoms with Crippen molar-refractivity contribution >= 4 is 5.78 Å². The topological polar surface area (TPSA) is 29.5 Å². The van der Waals surface area contributed by atoms with E-state index in [1.54, 1.807) is 6.08 Å². The van der Waals surface area contributed by atoms with E-state index in [-0.39, 0.29) is 5.78 Å². The fourth-order valence-electron chi connectivity index (χ4n) is 2.54. The molecule has 3 nitrogen and oxygen atoms in total. The summed E-state index contributed by atoms with van der Waals surface area (Å²) in [4.78, 5) is 14.8. The van der Waals surface area contributed by atoms with Gasteiger partial charge in [0.25, 0.3) is 0 Å². The van der Waals surface area contributed by atoms with Gasteiger partial charge in [0.05, 0.1) is 5.56 Å². The molecule has 3 heteroatoms. The van der Waals surface area contributed by atoms with Crippen molar-refractivity contribution in [2.45, 2.75) is 26.2 Å². The zero-order chi connectivity index (χ0) is 14.4. The van der Waals surface area contributed by atoms with Gasteiger partial charge in [0.15, 0.2) is 5.78 Å². The third kappa shape index (κ3) is 3.94. The van der Waals surface area contributed by atoms with Gasteiger partial charge in [-0.05, 0) is 45.0 Å². The number of ketones is 1. The van der Waals surface area contributed by atoms with Crippen LogP contribution in [0.3, 0.4) is 0 Å². The molecule has 1 aliphatic heterocycles. The van der Waals surface area contributed by atoms with Gasteiger partial charge >= 0.3 is 0 Å². The van der Waals surface area contributed by atoms with Crippen LogP contribution in [0, 0.1) is 6.92 Å². The Morgan fingerprint density at radius 1 is 1.40 bits per heavy atom. The normalized spacial score (nSPS) is 15.2. The number of likely N-dealkylation sites (tertiary alicyclic amines) is 1. The van der Waals surface area contributed by atoms with E-state index in [1.165, 1.54) is 12.8 Å². The summed E-state index contributed by atoms with van der Waals surface area (Å²) in [5.41, 5.74) is 1.78. The molecular weight excluding hydrogens is 250 g/mol. The Labute approximate surface area is 121 Å². The van der Waals surface area contributed by atoms with Crippen LogP contribution in [0.25, 0.3) is 0 Å². The predicted molar refractivity (Wildman–Crippen MR) is 81.5 cm³/mol. The van der Waals surface area contributed by atoms with E-state index in [0.29, 0.717) is 24.3 Å². The van der Waals surface area contributed by atoms with E-state index in [4.69, 9.17) is 4.74 Å². The Morgan fingerprint density at radius 3 is 2.85 bits per heavy atom. The molecule has 1 heterocycles. The Morgan fingerprint density at radius 2 is 2.15 bits per heavy atom. The van der Waals surface area contributed by atoms with Crippen molar-refractivity contribution < 1.29 is 9.53 Å². The summed E-state index contributed by atoms with van der Waals surface area (Å²) in [6, 6.07) is 5.77. The molecule has 1 aromatic rings. The molecule has 0 aromatic heterocycles. The van der Waals surface area contributed by atoms with Crippen molar-refractivity contribution in [2.75, 3.05) is 26.2 Å². The third-order valence-corrected chi connectivity index (χ3v) is 3.65. The van der Waals surface area contributed by atoms with Crippen LogP contribution in [0.5, 0.6) is 5.75 Å². The molecule has 20 heavy (non-hydrogen) atoms. The first-order valence-corrected chi connectivity index (χ1v) is 7.30. The molecule has 0 saturated carbocycles. The number of Topliss-reactive ketones (excluding diaryl/α,β-unsaturated/α-hetero) is 1. The predicted octanol–water partition coefficient (Wildman–Crippen LogP) is 3.23. The van der Waals surface area contributed by atoms with Gasteiger partial charge < -0.3 is 9.64 Å². The average molecular weight is 273 g/mol. The number of aryl methyl sites for hydroxylation is 1. The number of carbonyl (C=O) groups excluding carboxylic acids is 1. The van der Waals surface area contributed by atoms with E-state index in [9.17, 15) is 4.79 Å². The van der Waals surface area contributed by atoms with Gasteiger partial charge in [-0.1, -0.05) is 24.3 Å². The maximum absolute atomic E-state index is 12.4. The molecule has 0 radical (unpaired) electrons. The second-order valence-electron chi connectivity index (χ2n) is 5.32. The fraction of sp³-hybridized carbons (Fsp3) is 0.471. The summed E-state index contributed by atoms with van der Waals surface area (Å²) in [6.45, 7) is 9.17. The zero-order valence-electron chi connectivity index (χ0n) is 12.2. The lowest BCUT2D eigenvalue weighted by Crippen LogP contribution is -2.22. The lowest BCUT2D eigenvalue weighted by Gasteiger charge is -2.15. The molecule has 0 atom stereocenters. The largest absolute Gasteiger partial charge is 0.489 e. The van der Waals surface area contributed by atoms with E-state index in [0.717, 1.165) is 25.2 Å². The molecule has 0 unspecified atom stereocenters. The second kappa shape index (κ2) is 7.25. The lowest BCUT2D eigenvalue weighted by atomic mass is 10.0. The number of ether oxygens (including phenoxy) is 1. The van der Waals surface area contributed by atoms with Crippen LogP contribution in [0.2, 0.25) is 0 Å². The Kier molecular flexibility index (Phi) is 5.36. The third-order valence-electron chi connectivity index (χ3n) is 3.65. The molecule has 0 amide bonds. The maximum atomic E-state index is 12.4. The first-order valence-electron chi connectivity index (χ1n) is 7.30. The monoisotopic (exact) mass is 273 g/mol. The van der Waals surface area contributed by atoms with E-state index in [1.807, 2.05) is 25.1 Å². The van der Waals surface area contributed by atoms with Crippen molar-refractivity contribution in [3.05, 3.63) is 42.0 Å². The highest BCUT2D eigenvalue weighted by atomic mass is 16.5. The Balaban J connectivity index is 2.02. The smallest absolute Gasteiger partial charge is 0.167 e. The van der Waals surface area contributed by atoms with Gasteiger partial charge in [0, 0.05) is 13.0 Å². The van der Waals surface area contributed by atoms with E-state index < -0.39 is 0 Å². The quantitative estimate of drug-likeness (QED) is 0.564. The van der Waals surface area contributed by atoms with Crippen molar-refractivity contribution in [3.63, 3.8) is 0 Å². The minimum atomic E-state index is 0.166. The van der Waals surface area contributed by atoms with Crippen LogP contribution in [-0.2, 0) is 0 Å². The van der Waals surface area contributed by atoms with Crippen molar-refractivity contribution in [2.24, 2.45) is 0 Å². The van der Waals surface area contributed by atoms with Crippen LogP contribution < -0.4 is 4.74 Å². The second-order valence-corrected chi connectivity index (χ2v) is 5.32. The molecule has 1 saturated heterocycles. The summed E-state index contributed by atoms with van der Waals surface area (Å²) < 4.78 is 5.58. The summed E-state index contributed by atoms with van der Waals surface area (Å²) in [5, 5.41) is 0. The summed E-state index contributed by atoms with van der Waals surface area (Å²) >= 11 is 0. The number of nitrogens with zero attached hydrogens (tertiary/aromatic N) is 1. The summed E-state index contributed by atoms with van der Waals surface area (Å²) in [6.07, 6.45) is 4.77. The number of rotatable bonds is 7. The van der Waals surface area contributed by atoms with Crippen LogP contribution in [0.15, 0.2) is 30.9 Å². The van der Waals surface area contributed by atoms with Crippen molar-refractivity contribution in [1.29, 1.82) is 0 Å². The van der Waals surface area contributed by atoms with Crippen LogP contribution in [-0.4, -0.2) is 36.9 Å². The minimum Gasteiger partial charge on any atom is -0.489 e. The van der Waals surface area contributed by atoms with Crippen LogP contribution in [0.1, 0.15) is 35.2 Å². The molecule has 1 aliphatic rings. The Bertz CT molecular complexity index is 476. The lowest BCUT2D eigenvalue weighted by molar-refractivity contribution is 0.0965. The minimum absolute atomic E-state index is 0.166. The molecular formula is C17H23NO2. The number of carbonyl (C=O) groups is 1. The highest BCUT2D eigenvalue weighted by molar-refractivity contribution is 5.99. The number of hydrogen-bond donors (Lipinski definition) is 0. The summed E-state index contributed by atoms with van der Waals surface area (Å²) in [5.74, 6) is 0.835. The van der Waals surface area contributed by atoms with Gasteiger partial charge in [-0.2, -0.15) is 0 Å². The zero-order valence-corrected chi connectivity index (χ0v) is 12.2. The molecule has 0 aliphatic carbocycles. The molecule has 1 aromatic carbocycles. The van der Waals surface area contributed by atoms with Gasteiger partial charge in [0.1, 0.15) is 12.4 Å². The van der Waals surface area contributed by atoms with E-state index >= 15 is 0 Å². The van der Waals surface area contributed by atoms with E-state index in [2.05, 4.69) is 11.5 Å². The van der Waals surface area contributed by atoms with Crippen molar-refractivity contribution in [1.82, 2.24) is 4.90 Å². The van der Waals surface area contributed by atoms with Crippen LogP contribution >= 0.6 is 0 Å². The summed E-state index contributed by atoms with van der Waals surface area (Å²) in [7, 11) is 0. The molecule has 0 bridgehead atoms. The Hall–Kier alpha value is -1.61. The van der Waals surface area contributed by atoms with Gasteiger partial charge in [-0.15, -0.1) is 0 Å². The average Bonchev–Trinajstić information content (AvgIpc) is 2.96. The molecule has 0 N–H and O–H groups in total. The number of hydrogen-bond acceptors (Lipinski definition) is 3. The van der Waals surface area contributed by atoms with Gasteiger partial charge in [0.2, 0.25) is 0 Å². The first-order chi connectivity index (χ1) is 9.70. The van der Waals surface area contributed by atoms with Gasteiger partial charge in [-0.3, -0.25) is 4.79 Å². The van der Waals surface area contributed by atoms with Crippen molar-refractivity contribution in [3.8, 4) is 5.75 Å². The first kappa shape index (κ1) is 14.8. The molecule has 0 spiro atoms. The van der Waals surface area contributed by atoms with Gasteiger partial charge in [-0.25, -0.2) is 0 Å².